The van der Waals surface area contributed by atoms with Crippen molar-refractivity contribution in [2.75, 3.05) is 5.73 Å². The highest BCUT2D eigenvalue weighted by molar-refractivity contribution is 5.67. The van der Waals surface area contributed by atoms with E-state index in [1.807, 2.05) is 12.1 Å². The molecule has 3 aliphatic rings. The van der Waals surface area contributed by atoms with Crippen LogP contribution in [-0.2, 0) is 6.42 Å². The number of nitrogen functional groups attached to an aromatic ring is 1. The average Bonchev–Trinajstić information content (AvgIpc) is 2.46. The molecule has 108 valence electrons. The number of aromatic hydroxyl groups is 1. The van der Waals surface area contributed by atoms with Crippen LogP contribution in [0.3, 0.4) is 0 Å². The van der Waals surface area contributed by atoms with E-state index in [1.54, 1.807) is 12.1 Å². The molecule has 1 fully saturated rings. The van der Waals surface area contributed by atoms with Crippen LogP contribution in [0, 0.1) is 11.3 Å². The molecule has 1 saturated carbocycles. The third kappa shape index (κ3) is 1.68. The van der Waals surface area contributed by atoms with E-state index in [2.05, 4.69) is 23.8 Å². The number of nitrogens with two attached hydrogens (primary N) is 1. The summed E-state index contributed by atoms with van der Waals surface area (Å²) in [7, 11) is 0. The summed E-state index contributed by atoms with van der Waals surface area (Å²) < 4.78 is 0. The normalized spacial score (nSPS) is 25.0. The minimum absolute atomic E-state index is 0.263. The summed E-state index contributed by atoms with van der Waals surface area (Å²) in [5, 5.41) is 9.46. The molecule has 2 aromatic rings. The summed E-state index contributed by atoms with van der Waals surface area (Å²) in [6, 6.07) is 7.16. The molecule has 1 aromatic heterocycles. The molecule has 0 radical (unpaired) electrons. The number of hydrogen-bond acceptors (Lipinski definition) is 4. The fourth-order valence-electron chi connectivity index (χ4n) is 3.94. The summed E-state index contributed by atoms with van der Waals surface area (Å²) in [4.78, 5) is 9.02. The van der Waals surface area contributed by atoms with Crippen LogP contribution in [-0.4, -0.2) is 15.1 Å². The van der Waals surface area contributed by atoms with E-state index in [0.29, 0.717) is 23.2 Å². The number of aromatic nitrogens is 2. The predicted molar refractivity (Wildman–Crippen MR) is 81.9 cm³/mol. The second-order valence-corrected chi connectivity index (χ2v) is 6.85. The fraction of sp³-hybridized carbons (Fsp3) is 0.412. The Morgan fingerprint density at radius 1 is 1.19 bits per heavy atom. The second-order valence-electron chi connectivity index (χ2n) is 6.85. The lowest BCUT2D eigenvalue weighted by Crippen LogP contribution is -2.48. The SMILES string of the molecule is CC1(C)C2Cc3c(-c4ccc(O)cc4)nc(N)nc3C1C2. The maximum atomic E-state index is 9.46. The van der Waals surface area contributed by atoms with E-state index < -0.39 is 0 Å². The molecule has 1 aromatic carbocycles. The van der Waals surface area contributed by atoms with Gasteiger partial charge in [0.1, 0.15) is 5.75 Å². The summed E-state index contributed by atoms with van der Waals surface area (Å²) in [6.45, 7) is 4.65. The first-order valence-electron chi connectivity index (χ1n) is 7.42. The zero-order chi connectivity index (χ0) is 14.8. The summed E-state index contributed by atoms with van der Waals surface area (Å²) in [5.41, 5.74) is 10.6. The van der Waals surface area contributed by atoms with Crippen LogP contribution >= 0.6 is 0 Å². The minimum atomic E-state index is 0.263. The van der Waals surface area contributed by atoms with Crippen molar-refractivity contribution in [3.63, 3.8) is 0 Å². The highest BCUT2D eigenvalue weighted by Gasteiger charge is 2.54. The first kappa shape index (κ1) is 12.6. The van der Waals surface area contributed by atoms with Gasteiger partial charge in [0.05, 0.1) is 11.4 Å². The smallest absolute Gasteiger partial charge is 0.220 e. The van der Waals surface area contributed by atoms with Crippen LogP contribution in [0.1, 0.15) is 37.4 Å². The molecule has 0 spiro atoms. The maximum absolute atomic E-state index is 9.46. The standard InChI is InChI=1S/C17H19N3O/c1-17(2)10-7-12-14(9-3-5-11(21)6-4-9)19-16(18)20-15(12)13(17)8-10/h3-6,10,13,21H,7-8H2,1-2H3,(H2,18,19,20). The molecule has 0 amide bonds. The Labute approximate surface area is 124 Å². The Hall–Kier alpha value is -2.10. The van der Waals surface area contributed by atoms with Gasteiger partial charge in [-0.05, 0) is 48.4 Å². The third-order valence-electron chi connectivity index (χ3n) is 5.45. The van der Waals surface area contributed by atoms with Crippen molar-refractivity contribution in [1.82, 2.24) is 9.97 Å². The minimum Gasteiger partial charge on any atom is -0.508 e. The van der Waals surface area contributed by atoms with Gasteiger partial charge in [0.25, 0.3) is 0 Å². The molecule has 4 nitrogen and oxygen atoms in total. The second kappa shape index (κ2) is 3.97. The van der Waals surface area contributed by atoms with Gasteiger partial charge in [-0.2, -0.15) is 0 Å². The van der Waals surface area contributed by atoms with Crippen molar-refractivity contribution in [1.29, 1.82) is 0 Å². The number of hydrogen-bond donors (Lipinski definition) is 2. The number of phenols is 1. The van der Waals surface area contributed by atoms with Gasteiger partial charge < -0.3 is 10.8 Å². The molecule has 2 bridgehead atoms. The van der Waals surface area contributed by atoms with E-state index in [0.717, 1.165) is 23.4 Å². The monoisotopic (exact) mass is 281 g/mol. The van der Waals surface area contributed by atoms with E-state index in [1.165, 1.54) is 12.0 Å². The quantitative estimate of drug-likeness (QED) is 0.842. The van der Waals surface area contributed by atoms with Gasteiger partial charge in [0.15, 0.2) is 0 Å². The Bertz CT molecular complexity index is 722. The van der Waals surface area contributed by atoms with Gasteiger partial charge in [0.2, 0.25) is 5.95 Å². The van der Waals surface area contributed by atoms with E-state index >= 15 is 0 Å². The molecule has 2 unspecified atom stereocenters. The molecule has 5 rings (SSSR count). The number of phenolic OH excluding ortho intramolecular Hbond substituents is 1. The van der Waals surface area contributed by atoms with Crippen molar-refractivity contribution in [3.05, 3.63) is 35.5 Å². The van der Waals surface area contributed by atoms with Gasteiger partial charge in [0, 0.05) is 17.0 Å². The maximum Gasteiger partial charge on any atom is 0.220 e. The van der Waals surface area contributed by atoms with Gasteiger partial charge in [-0.1, -0.05) is 13.8 Å². The molecule has 21 heavy (non-hydrogen) atoms. The molecule has 4 heteroatoms. The number of anilines is 1. The Morgan fingerprint density at radius 3 is 2.57 bits per heavy atom. The number of rotatable bonds is 1. The molecule has 0 saturated heterocycles. The van der Waals surface area contributed by atoms with Crippen LogP contribution < -0.4 is 5.73 Å². The van der Waals surface area contributed by atoms with Gasteiger partial charge in [-0.15, -0.1) is 0 Å². The van der Waals surface area contributed by atoms with Gasteiger partial charge >= 0.3 is 0 Å². The van der Waals surface area contributed by atoms with E-state index in [-0.39, 0.29) is 5.75 Å². The molecule has 3 N–H and O–H groups in total. The molecule has 1 heterocycles. The van der Waals surface area contributed by atoms with Crippen molar-refractivity contribution >= 4 is 5.95 Å². The van der Waals surface area contributed by atoms with Crippen LogP contribution in [0.15, 0.2) is 24.3 Å². The highest BCUT2D eigenvalue weighted by atomic mass is 16.3. The lowest BCUT2D eigenvalue weighted by Gasteiger charge is -2.56. The zero-order valence-electron chi connectivity index (χ0n) is 12.3. The predicted octanol–water partition coefficient (Wildman–Crippen LogP) is 3.12. The van der Waals surface area contributed by atoms with E-state index in [9.17, 15) is 5.11 Å². The molecular weight excluding hydrogens is 262 g/mol. The lowest BCUT2D eigenvalue weighted by molar-refractivity contribution is 0.0156. The van der Waals surface area contributed by atoms with E-state index in [4.69, 9.17) is 5.73 Å². The largest absolute Gasteiger partial charge is 0.508 e. The first-order chi connectivity index (χ1) is 9.96. The fourth-order valence-corrected chi connectivity index (χ4v) is 3.94. The van der Waals surface area contributed by atoms with Crippen LogP contribution in [0.4, 0.5) is 5.95 Å². The molecule has 2 atom stereocenters. The number of nitrogens with zero attached hydrogens (tertiary/aromatic N) is 2. The molecule has 3 aliphatic carbocycles. The van der Waals surface area contributed by atoms with Crippen molar-refractivity contribution in [2.24, 2.45) is 11.3 Å². The summed E-state index contributed by atoms with van der Waals surface area (Å²) >= 11 is 0. The van der Waals surface area contributed by atoms with Crippen LogP contribution in [0.5, 0.6) is 5.75 Å². The Kier molecular flexibility index (Phi) is 2.39. The zero-order valence-corrected chi connectivity index (χ0v) is 12.3. The average molecular weight is 281 g/mol. The van der Waals surface area contributed by atoms with Crippen molar-refractivity contribution < 1.29 is 5.11 Å². The Morgan fingerprint density at radius 2 is 1.90 bits per heavy atom. The number of benzene rings is 1. The van der Waals surface area contributed by atoms with Gasteiger partial charge in [-0.25, -0.2) is 9.97 Å². The highest BCUT2D eigenvalue weighted by Crippen LogP contribution is 2.62. The Balaban J connectivity index is 1.89. The lowest BCUT2D eigenvalue weighted by atomic mass is 9.48. The summed E-state index contributed by atoms with van der Waals surface area (Å²) in [5.74, 6) is 1.81. The van der Waals surface area contributed by atoms with Crippen molar-refractivity contribution in [3.8, 4) is 17.0 Å². The van der Waals surface area contributed by atoms with Crippen LogP contribution in [0.2, 0.25) is 0 Å². The van der Waals surface area contributed by atoms with Crippen LogP contribution in [0.25, 0.3) is 11.3 Å². The topological polar surface area (TPSA) is 72.0 Å². The third-order valence-corrected chi connectivity index (χ3v) is 5.45. The summed E-state index contributed by atoms with van der Waals surface area (Å²) in [6.07, 6.45) is 2.24. The van der Waals surface area contributed by atoms with Gasteiger partial charge in [-0.3, -0.25) is 0 Å². The molecular formula is C17H19N3O. The van der Waals surface area contributed by atoms with Crippen molar-refractivity contribution in [2.45, 2.75) is 32.6 Å². The molecule has 0 aliphatic heterocycles. The first-order valence-corrected chi connectivity index (χ1v) is 7.42.